The molecule has 6 nitrogen and oxygen atoms in total. The number of aromatic nitrogens is 2. The van der Waals surface area contributed by atoms with E-state index in [2.05, 4.69) is 10.3 Å². The Bertz CT molecular complexity index is 1330. The van der Waals surface area contributed by atoms with E-state index in [4.69, 9.17) is 0 Å². The van der Waals surface area contributed by atoms with E-state index >= 15 is 0 Å². The summed E-state index contributed by atoms with van der Waals surface area (Å²) < 4.78 is 28.6. The molecule has 2 amide bonds. The van der Waals surface area contributed by atoms with Gasteiger partial charge in [-0.15, -0.1) is 0 Å². The zero-order valence-electron chi connectivity index (χ0n) is 16.8. The fraction of sp³-hybridized carbons (Fsp3) is 0.125. The number of hydrogen-bond donors (Lipinski definition) is 1. The molecule has 1 aromatic heterocycles. The predicted molar refractivity (Wildman–Crippen MR) is 117 cm³/mol. The van der Waals surface area contributed by atoms with Gasteiger partial charge in [0.15, 0.2) is 11.6 Å². The first kappa shape index (κ1) is 19.9. The van der Waals surface area contributed by atoms with Crippen LogP contribution in [0.1, 0.15) is 6.42 Å². The number of hydrogen-bond acceptors (Lipinski definition) is 3. The maximum absolute atomic E-state index is 13.5. The molecule has 1 unspecified atom stereocenters. The molecule has 160 valence electrons. The maximum Gasteiger partial charge on any atom is 0.239 e. The molecule has 0 saturated carbocycles. The van der Waals surface area contributed by atoms with Crippen LogP contribution in [-0.4, -0.2) is 27.9 Å². The van der Waals surface area contributed by atoms with Gasteiger partial charge in [0, 0.05) is 29.7 Å². The average Bonchev–Trinajstić information content (AvgIpc) is 3.40. The summed E-state index contributed by atoms with van der Waals surface area (Å²) in [6.07, 6.45) is 2.03. The van der Waals surface area contributed by atoms with Gasteiger partial charge in [0.05, 0.1) is 11.0 Å². The minimum absolute atomic E-state index is 0.237. The molecule has 0 bridgehead atoms. The Morgan fingerprint density at radius 2 is 1.72 bits per heavy atom. The van der Waals surface area contributed by atoms with E-state index in [9.17, 15) is 18.4 Å². The zero-order valence-corrected chi connectivity index (χ0v) is 16.8. The Morgan fingerprint density at radius 1 is 0.969 bits per heavy atom. The van der Waals surface area contributed by atoms with E-state index in [0.717, 1.165) is 28.9 Å². The SMILES string of the molecule is O=C(Nc1ccc(-n2cnc3ccccc32)cc1)C1CCN(c2ccc(F)c(F)c2)C1=O. The lowest BCUT2D eigenvalue weighted by atomic mass is 10.1. The standard InChI is InChI=1S/C24H18F2N4O2/c25-19-10-9-17(13-20(19)26)29-12-11-18(24(29)32)23(31)28-15-5-7-16(8-6-15)30-14-27-21-3-1-2-4-22(21)30/h1-10,13-14,18H,11-12H2,(H,28,31). The van der Waals surface area contributed by atoms with Crippen molar-refractivity contribution in [2.75, 3.05) is 16.8 Å². The Labute approximate surface area is 182 Å². The smallest absolute Gasteiger partial charge is 0.239 e. The summed E-state index contributed by atoms with van der Waals surface area (Å²) in [5.74, 6) is -3.77. The summed E-state index contributed by atoms with van der Waals surface area (Å²) in [5.41, 5.74) is 3.54. The lowest BCUT2D eigenvalue weighted by molar-refractivity contribution is -0.129. The fourth-order valence-electron chi connectivity index (χ4n) is 3.93. The van der Waals surface area contributed by atoms with Gasteiger partial charge in [-0.25, -0.2) is 13.8 Å². The van der Waals surface area contributed by atoms with Crippen molar-refractivity contribution >= 4 is 34.2 Å². The summed E-state index contributed by atoms with van der Waals surface area (Å²) in [4.78, 5) is 31.1. The van der Waals surface area contributed by atoms with E-state index in [0.29, 0.717) is 12.1 Å². The van der Waals surface area contributed by atoms with Gasteiger partial charge in [-0.2, -0.15) is 0 Å². The number of para-hydroxylation sites is 2. The number of amides is 2. The second-order valence-corrected chi connectivity index (χ2v) is 7.57. The monoisotopic (exact) mass is 432 g/mol. The minimum Gasteiger partial charge on any atom is -0.325 e. The van der Waals surface area contributed by atoms with E-state index in [1.54, 1.807) is 18.5 Å². The van der Waals surface area contributed by atoms with Crippen molar-refractivity contribution in [1.82, 2.24) is 9.55 Å². The Morgan fingerprint density at radius 3 is 2.50 bits per heavy atom. The van der Waals surface area contributed by atoms with Crippen LogP contribution >= 0.6 is 0 Å². The molecule has 0 spiro atoms. The molecule has 1 atom stereocenters. The van der Waals surface area contributed by atoms with Gasteiger partial charge in [-0.3, -0.25) is 14.2 Å². The largest absolute Gasteiger partial charge is 0.325 e. The van der Waals surface area contributed by atoms with Crippen LogP contribution in [0.3, 0.4) is 0 Å². The lowest BCUT2D eigenvalue weighted by Gasteiger charge is -2.17. The first-order chi connectivity index (χ1) is 15.5. The molecule has 32 heavy (non-hydrogen) atoms. The molecule has 2 heterocycles. The number of benzene rings is 3. The van der Waals surface area contributed by atoms with Gasteiger partial charge in [0.2, 0.25) is 11.8 Å². The van der Waals surface area contributed by atoms with Gasteiger partial charge in [0.1, 0.15) is 12.2 Å². The first-order valence-electron chi connectivity index (χ1n) is 10.1. The number of imidazole rings is 1. The number of fused-ring (bicyclic) bond motifs is 1. The van der Waals surface area contributed by atoms with Crippen LogP contribution in [0.15, 0.2) is 73.1 Å². The van der Waals surface area contributed by atoms with Crippen LogP contribution in [-0.2, 0) is 9.59 Å². The molecule has 1 N–H and O–H groups in total. The zero-order chi connectivity index (χ0) is 22.2. The normalized spacial score (nSPS) is 16.0. The van der Waals surface area contributed by atoms with Crippen molar-refractivity contribution in [3.63, 3.8) is 0 Å². The van der Waals surface area contributed by atoms with E-state index < -0.39 is 29.4 Å². The number of rotatable bonds is 4. The predicted octanol–water partition coefficient (Wildman–Crippen LogP) is 4.30. The molecule has 0 aliphatic carbocycles. The number of carbonyl (C=O) groups excluding carboxylic acids is 2. The Hall–Kier alpha value is -4.07. The fourth-order valence-corrected chi connectivity index (χ4v) is 3.93. The third-order valence-corrected chi connectivity index (χ3v) is 5.60. The van der Waals surface area contributed by atoms with Gasteiger partial charge in [-0.1, -0.05) is 12.1 Å². The van der Waals surface area contributed by atoms with Crippen molar-refractivity contribution in [3.05, 3.63) is 84.7 Å². The van der Waals surface area contributed by atoms with Crippen molar-refractivity contribution in [1.29, 1.82) is 0 Å². The molecule has 5 rings (SSSR count). The van der Waals surface area contributed by atoms with Crippen LogP contribution < -0.4 is 10.2 Å². The summed E-state index contributed by atoms with van der Waals surface area (Å²) in [7, 11) is 0. The van der Waals surface area contributed by atoms with Crippen LogP contribution in [0.4, 0.5) is 20.2 Å². The molecular weight excluding hydrogens is 414 g/mol. The highest BCUT2D eigenvalue weighted by Crippen LogP contribution is 2.28. The quantitative estimate of drug-likeness (QED) is 0.489. The Balaban J connectivity index is 1.29. The van der Waals surface area contributed by atoms with Crippen LogP contribution in [0.2, 0.25) is 0 Å². The third kappa shape index (κ3) is 3.49. The summed E-state index contributed by atoms with van der Waals surface area (Å²) in [6.45, 7) is 0.259. The molecule has 8 heteroatoms. The first-order valence-corrected chi connectivity index (χ1v) is 10.1. The van der Waals surface area contributed by atoms with Gasteiger partial charge in [-0.05, 0) is 55.0 Å². The number of carbonyl (C=O) groups is 2. The average molecular weight is 432 g/mol. The highest BCUT2D eigenvalue weighted by atomic mass is 19.2. The highest BCUT2D eigenvalue weighted by molar-refractivity contribution is 6.13. The highest BCUT2D eigenvalue weighted by Gasteiger charge is 2.37. The number of nitrogens with zero attached hydrogens (tertiary/aromatic N) is 3. The Kier molecular flexibility index (Phi) is 4.89. The molecular formula is C24H18F2N4O2. The van der Waals surface area contributed by atoms with Crippen LogP contribution in [0, 0.1) is 17.6 Å². The second-order valence-electron chi connectivity index (χ2n) is 7.57. The molecule has 1 fully saturated rings. The molecule has 3 aromatic carbocycles. The van der Waals surface area contributed by atoms with E-state index in [1.807, 2.05) is 41.0 Å². The molecule has 4 aromatic rings. The second kappa shape index (κ2) is 7.88. The topological polar surface area (TPSA) is 67.2 Å². The molecule has 1 aliphatic rings. The summed E-state index contributed by atoms with van der Waals surface area (Å²) >= 11 is 0. The van der Waals surface area contributed by atoms with Crippen LogP contribution in [0.5, 0.6) is 0 Å². The van der Waals surface area contributed by atoms with Crippen molar-refractivity contribution in [2.24, 2.45) is 5.92 Å². The number of halogens is 2. The van der Waals surface area contributed by atoms with Gasteiger partial charge in [0.25, 0.3) is 0 Å². The number of anilines is 2. The van der Waals surface area contributed by atoms with Gasteiger partial charge >= 0.3 is 0 Å². The molecule has 0 radical (unpaired) electrons. The summed E-state index contributed by atoms with van der Waals surface area (Å²) in [5, 5.41) is 2.77. The van der Waals surface area contributed by atoms with Crippen molar-refractivity contribution in [3.8, 4) is 5.69 Å². The van der Waals surface area contributed by atoms with Crippen molar-refractivity contribution in [2.45, 2.75) is 6.42 Å². The molecule has 1 aliphatic heterocycles. The maximum atomic E-state index is 13.5. The lowest BCUT2D eigenvalue weighted by Crippen LogP contribution is -2.33. The third-order valence-electron chi connectivity index (χ3n) is 5.60. The minimum atomic E-state index is -1.03. The van der Waals surface area contributed by atoms with Gasteiger partial charge < -0.3 is 10.2 Å². The van der Waals surface area contributed by atoms with Crippen molar-refractivity contribution < 1.29 is 18.4 Å². The van der Waals surface area contributed by atoms with E-state index in [-0.39, 0.29) is 12.2 Å². The van der Waals surface area contributed by atoms with E-state index in [1.165, 1.54) is 11.0 Å². The van der Waals surface area contributed by atoms with Crippen LogP contribution in [0.25, 0.3) is 16.7 Å². The number of nitrogens with one attached hydrogen (secondary N) is 1. The summed E-state index contributed by atoms with van der Waals surface area (Å²) in [6, 6.07) is 18.3. The molecule has 1 saturated heterocycles.